The normalized spacial score (nSPS) is 11.5. The average Bonchev–Trinajstić information content (AvgIpc) is 2.40. The predicted octanol–water partition coefficient (Wildman–Crippen LogP) is 1.53. The van der Waals surface area contributed by atoms with Crippen LogP contribution in [0.5, 0.6) is 5.75 Å². The zero-order chi connectivity index (χ0) is 14.1. The first-order chi connectivity index (χ1) is 9.10. The summed E-state index contributed by atoms with van der Waals surface area (Å²) in [5, 5.41) is 8.63. The van der Waals surface area contributed by atoms with Gasteiger partial charge in [-0.2, -0.15) is 0 Å². The first-order valence-corrected chi connectivity index (χ1v) is 7.92. The molecule has 0 saturated carbocycles. The maximum atomic E-state index is 11.9. The quantitative estimate of drug-likeness (QED) is 0.675. The Morgan fingerprint density at radius 1 is 1.21 bits per heavy atom. The van der Waals surface area contributed by atoms with Gasteiger partial charge in [-0.25, -0.2) is 13.1 Å². The van der Waals surface area contributed by atoms with Crippen LogP contribution in [0.25, 0.3) is 0 Å². The molecule has 0 fully saturated rings. The van der Waals surface area contributed by atoms with Gasteiger partial charge in [-0.3, -0.25) is 0 Å². The Labute approximate surface area is 114 Å². The van der Waals surface area contributed by atoms with Crippen molar-refractivity contribution in [2.24, 2.45) is 0 Å². The number of benzene rings is 1. The minimum Gasteiger partial charge on any atom is -0.494 e. The molecule has 0 unspecified atom stereocenters. The number of ether oxygens (including phenoxy) is 1. The number of aliphatic hydroxyl groups is 1. The number of nitrogens with one attached hydrogen (secondary N) is 1. The molecule has 2 N–H and O–H groups in total. The van der Waals surface area contributed by atoms with Crippen LogP contribution in [-0.4, -0.2) is 33.3 Å². The highest BCUT2D eigenvalue weighted by atomic mass is 32.2. The zero-order valence-corrected chi connectivity index (χ0v) is 11.9. The molecule has 1 aromatic carbocycles. The van der Waals surface area contributed by atoms with Crippen molar-refractivity contribution in [2.45, 2.75) is 31.1 Å². The van der Waals surface area contributed by atoms with Gasteiger partial charge in [0.25, 0.3) is 0 Å². The molecular weight excluding hydrogens is 266 g/mol. The summed E-state index contributed by atoms with van der Waals surface area (Å²) >= 11 is 0. The molecule has 0 aliphatic carbocycles. The molecule has 0 saturated heterocycles. The highest BCUT2D eigenvalue weighted by molar-refractivity contribution is 7.89. The topological polar surface area (TPSA) is 75.6 Å². The molecule has 0 heterocycles. The van der Waals surface area contributed by atoms with Gasteiger partial charge in [0.15, 0.2) is 0 Å². The minimum absolute atomic E-state index is 0.0772. The van der Waals surface area contributed by atoms with Crippen LogP contribution in [0, 0.1) is 0 Å². The fraction of sp³-hybridized carbons (Fsp3) is 0.538. The second-order valence-corrected chi connectivity index (χ2v) is 5.92. The van der Waals surface area contributed by atoms with Crippen LogP contribution < -0.4 is 9.46 Å². The molecule has 6 heteroatoms. The van der Waals surface area contributed by atoms with Gasteiger partial charge >= 0.3 is 0 Å². The van der Waals surface area contributed by atoms with Crippen LogP contribution in [0.1, 0.15) is 26.2 Å². The summed E-state index contributed by atoms with van der Waals surface area (Å²) < 4.78 is 31.7. The first kappa shape index (κ1) is 15.9. The summed E-state index contributed by atoms with van der Waals surface area (Å²) in [5.41, 5.74) is 0. The summed E-state index contributed by atoms with van der Waals surface area (Å²) in [5.74, 6) is 0.598. The predicted molar refractivity (Wildman–Crippen MR) is 73.7 cm³/mol. The Morgan fingerprint density at radius 3 is 2.47 bits per heavy atom. The molecule has 19 heavy (non-hydrogen) atoms. The molecule has 0 aromatic heterocycles. The monoisotopic (exact) mass is 287 g/mol. The molecule has 0 atom stereocenters. The largest absolute Gasteiger partial charge is 0.494 e. The van der Waals surface area contributed by atoms with Crippen molar-refractivity contribution >= 4 is 10.0 Å². The SMILES string of the molecule is CCCCNS(=O)(=O)c1ccc(OCCCO)cc1. The molecule has 1 aromatic rings. The molecule has 0 radical (unpaired) electrons. The van der Waals surface area contributed by atoms with Crippen LogP contribution >= 0.6 is 0 Å². The maximum Gasteiger partial charge on any atom is 0.240 e. The van der Waals surface area contributed by atoms with E-state index < -0.39 is 10.0 Å². The zero-order valence-electron chi connectivity index (χ0n) is 11.1. The van der Waals surface area contributed by atoms with E-state index in [-0.39, 0.29) is 11.5 Å². The van der Waals surface area contributed by atoms with Gasteiger partial charge in [0, 0.05) is 19.6 Å². The van der Waals surface area contributed by atoms with E-state index in [4.69, 9.17) is 9.84 Å². The Hall–Kier alpha value is -1.11. The smallest absolute Gasteiger partial charge is 0.240 e. The molecule has 0 aliphatic rings. The van der Waals surface area contributed by atoms with Crippen molar-refractivity contribution in [1.29, 1.82) is 0 Å². The molecule has 0 bridgehead atoms. The van der Waals surface area contributed by atoms with Crippen LogP contribution in [0.4, 0.5) is 0 Å². The summed E-state index contributed by atoms with van der Waals surface area (Å²) in [6.07, 6.45) is 2.32. The Bertz CT molecular complexity index is 456. The minimum atomic E-state index is -3.42. The van der Waals surface area contributed by atoms with Gasteiger partial charge in [0.2, 0.25) is 10.0 Å². The fourth-order valence-electron chi connectivity index (χ4n) is 1.44. The molecule has 1 rings (SSSR count). The van der Waals surface area contributed by atoms with Gasteiger partial charge < -0.3 is 9.84 Å². The van der Waals surface area contributed by atoms with E-state index in [9.17, 15) is 8.42 Å². The van der Waals surface area contributed by atoms with E-state index in [1.807, 2.05) is 6.92 Å². The fourth-order valence-corrected chi connectivity index (χ4v) is 2.51. The maximum absolute atomic E-state index is 11.9. The lowest BCUT2D eigenvalue weighted by atomic mass is 10.3. The Kier molecular flexibility index (Phi) is 6.83. The van der Waals surface area contributed by atoms with Crippen molar-refractivity contribution in [3.8, 4) is 5.75 Å². The van der Waals surface area contributed by atoms with Gasteiger partial charge in [0.05, 0.1) is 11.5 Å². The third kappa shape index (κ3) is 5.59. The molecular formula is C13H21NO4S. The van der Waals surface area contributed by atoms with Crippen molar-refractivity contribution < 1.29 is 18.3 Å². The summed E-state index contributed by atoms with van der Waals surface area (Å²) in [6, 6.07) is 6.27. The van der Waals surface area contributed by atoms with Gasteiger partial charge in [-0.05, 0) is 30.7 Å². The lowest BCUT2D eigenvalue weighted by Gasteiger charge is -2.08. The number of hydrogen-bond donors (Lipinski definition) is 2. The van der Waals surface area contributed by atoms with Crippen LogP contribution in [0.15, 0.2) is 29.2 Å². The van der Waals surface area contributed by atoms with Crippen molar-refractivity contribution in [1.82, 2.24) is 4.72 Å². The van der Waals surface area contributed by atoms with Crippen LogP contribution in [0.3, 0.4) is 0 Å². The molecule has 5 nitrogen and oxygen atoms in total. The van der Waals surface area contributed by atoms with Crippen molar-refractivity contribution in [2.75, 3.05) is 19.8 Å². The van der Waals surface area contributed by atoms with E-state index in [1.54, 1.807) is 12.1 Å². The Balaban J connectivity index is 2.59. The highest BCUT2D eigenvalue weighted by Gasteiger charge is 2.12. The van der Waals surface area contributed by atoms with Crippen molar-refractivity contribution in [3.63, 3.8) is 0 Å². The third-order valence-corrected chi connectivity index (χ3v) is 4.00. The Morgan fingerprint density at radius 2 is 1.89 bits per heavy atom. The second-order valence-electron chi connectivity index (χ2n) is 4.15. The van der Waals surface area contributed by atoms with E-state index in [0.29, 0.717) is 25.3 Å². The second kappa shape index (κ2) is 8.14. The number of unbranched alkanes of at least 4 members (excludes halogenated alkanes) is 1. The number of sulfonamides is 1. The summed E-state index contributed by atoms with van der Waals surface area (Å²) in [6.45, 7) is 2.95. The summed E-state index contributed by atoms with van der Waals surface area (Å²) in [4.78, 5) is 0.234. The lowest BCUT2D eigenvalue weighted by Crippen LogP contribution is -2.24. The number of aliphatic hydroxyl groups excluding tert-OH is 1. The number of hydrogen-bond acceptors (Lipinski definition) is 4. The van der Waals surface area contributed by atoms with Gasteiger partial charge in [-0.1, -0.05) is 13.3 Å². The molecule has 0 aliphatic heterocycles. The molecule has 108 valence electrons. The van der Waals surface area contributed by atoms with Gasteiger partial charge in [0.1, 0.15) is 5.75 Å². The van der Waals surface area contributed by atoms with E-state index in [1.165, 1.54) is 12.1 Å². The average molecular weight is 287 g/mol. The highest BCUT2D eigenvalue weighted by Crippen LogP contribution is 2.16. The van der Waals surface area contributed by atoms with E-state index in [0.717, 1.165) is 12.8 Å². The van der Waals surface area contributed by atoms with Crippen LogP contribution in [-0.2, 0) is 10.0 Å². The van der Waals surface area contributed by atoms with E-state index >= 15 is 0 Å². The van der Waals surface area contributed by atoms with Gasteiger partial charge in [-0.15, -0.1) is 0 Å². The standard InChI is InChI=1S/C13H21NO4S/c1-2-3-9-14-19(16,17)13-7-5-12(6-8-13)18-11-4-10-15/h5-8,14-15H,2-4,9-11H2,1H3. The molecule has 0 amide bonds. The van der Waals surface area contributed by atoms with E-state index in [2.05, 4.69) is 4.72 Å². The number of rotatable bonds is 9. The third-order valence-electron chi connectivity index (χ3n) is 2.53. The lowest BCUT2D eigenvalue weighted by molar-refractivity contribution is 0.233. The summed E-state index contributed by atoms with van der Waals surface area (Å²) in [7, 11) is -3.42. The first-order valence-electron chi connectivity index (χ1n) is 6.43. The van der Waals surface area contributed by atoms with Crippen LogP contribution in [0.2, 0.25) is 0 Å². The van der Waals surface area contributed by atoms with Crippen molar-refractivity contribution in [3.05, 3.63) is 24.3 Å². The molecule has 0 spiro atoms.